The Bertz CT molecular complexity index is 595. The van der Waals surface area contributed by atoms with Gasteiger partial charge in [0, 0.05) is 0 Å². The Hall–Kier alpha value is -1.56. The molecule has 0 heterocycles. The van der Waals surface area contributed by atoms with Crippen molar-refractivity contribution < 1.29 is 0 Å². The smallest absolute Gasteiger partial charge is 0.0132 e. The fourth-order valence-corrected chi connectivity index (χ4v) is 2.85. The van der Waals surface area contributed by atoms with E-state index in [9.17, 15) is 0 Å². The average Bonchev–Trinajstić information content (AvgIpc) is 3.29. The molecule has 0 atom stereocenters. The van der Waals surface area contributed by atoms with Gasteiger partial charge in [0.15, 0.2) is 0 Å². The molecule has 110 valence electrons. The second kappa shape index (κ2) is 5.67. The van der Waals surface area contributed by atoms with Crippen LogP contribution in [0.1, 0.15) is 51.2 Å². The first kappa shape index (κ1) is 14.4. The summed E-state index contributed by atoms with van der Waals surface area (Å²) < 4.78 is 0. The molecule has 1 aliphatic carbocycles. The Balaban J connectivity index is 1.77. The van der Waals surface area contributed by atoms with Gasteiger partial charge in [0.2, 0.25) is 0 Å². The first-order valence-corrected chi connectivity index (χ1v) is 8.22. The van der Waals surface area contributed by atoms with Crippen molar-refractivity contribution in [3.8, 4) is 11.1 Å². The molecule has 0 aliphatic heterocycles. The van der Waals surface area contributed by atoms with Crippen molar-refractivity contribution in [2.45, 2.75) is 51.9 Å². The van der Waals surface area contributed by atoms with E-state index in [1.165, 1.54) is 47.9 Å². The summed E-state index contributed by atoms with van der Waals surface area (Å²) in [7, 11) is 0. The molecule has 2 aromatic carbocycles. The van der Waals surface area contributed by atoms with Crippen LogP contribution in [0.25, 0.3) is 11.1 Å². The SMILES string of the molecule is CC(C)(C)c1ccc(-c2cccc(CCC3CC3)c2)cc1. The van der Waals surface area contributed by atoms with E-state index in [0.717, 1.165) is 5.92 Å². The van der Waals surface area contributed by atoms with Gasteiger partial charge in [-0.25, -0.2) is 0 Å². The van der Waals surface area contributed by atoms with Crippen molar-refractivity contribution in [2.75, 3.05) is 0 Å². The molecule has 1 fully saturated rings. The number of hydrogen-bond acceptors (Lipinski definition) is 0. The van der Waals surface area contributed by atoms with Crippen molar-refractivity contribution >= 4 is 0 Å². The molecule has 0 N–H and O–H groups in total. The van der Waals surface area contributed by atoms with Crippen LogP contribution in [0.4, 0.5) is 0 Å². The zero-order chi connectivity index (χ0) is 14.9. The molecular weight excluding hydrogens is 252 g/mol. The molecule has 0 bridgehead atoms. The lowest BCUT2D eigenvalue weighted by Crippen LogP contribution is -2.10. The standard InChI is InChI=1S/C21H26/c1-21(2,3)20-13-11-18(12-14-20)19-6-4-5-17(15-19)10-9-16-7-8-16/h4-6,11-16H,7-10H2,1-3H3. The second-order valence-electron chi connectivity index (χ2n) is 7.51. The van der Waals surface area contributed by atoms with Crippen LogP contribution >= 0.6 is 0 Å². The van der Waals surface area contributed by atoms with Gasteiger partial charge < -0.3 is 0 Å². The first-order valence-electron chi connectivity index (χ1n) is 8.22. The normalized spacial score (nSPS) is 15.2. The highest BCUT2D eigenvalue weighted by molar-refractivity contribution is 5.64. The lowest BCUT2D eigenvalue weighted by Gasteiger charge is -2.19. The Labute approximate surface area is 129 Å². The molecule has 2 aromatic rings. The zero-order valence-electron chi connectivity index (χ0n) is 13.5. The van der Waals surface area contributed by atoms with Gasteiger partial charge in [-0.05, 0) is 46.4 Å². The fourth-order valence-electron chi connectivity index (χ4n) is 2.85. The Kier molecular flexibility index (Phi) is 3.89. The highest BCUT2D eigenvalue weighted by atomic mass is 14.3. The molecular formula is C21H26. The lowest BCUT2D eigenvalue weighted by atomic mass is 9.86. The highest BCUT2D eigenvalue weighted by Crippen LogP contribution is 2.34. The maximum Gasteiger partial charge on any atom is -0.0132 e. The summed E-state index contributed by atoms with van der Waals surface area (Å²) in [6.07, 6.45) is 5.51. The van der Waals surface area contributed by atoms with Gasteiger partial charge in [0.1, 0.15) is 0 Å². The number of benzene rings is 2. The van der Waals surface area contributed by atoms with E-state index in [1.54, 1.807) is 0 Å². The van der Waals surface area contributed by atoms with Crippen molar-refractivity contribution in [3.05, 3.63) is 59.7 Å². The van der Waals surface area contributed by atoms with Crippen molar-refractivity contribution in [1.82, 2.24) is 0 Å². The molecule has 0 nitrogen and oxygen atoms in total. The topological polar surface area (TPSA) is 0 Å². The van der Waals surface area contributed by atoms with Gasteiger partial charge in [-0.1, -0.05) is 82.1 Å². The average molecular weight is 278 g/mol. The van der Waals surface area contributed by atoms with Gasteiger partial charge in [-0.3, -0.25) is 0 Å². The summed E-state index contributed by atoms with van der Waals surface area (Å²) in [6, 6.07) is 18.1. The zero-order valence-corrected chi connectivity index (χ0v) is 13.5. The molecule has 0 saturated heterocycles. The van der Waals surface area contributed by atoms with Gasteiger partial charge in [0.05, 0.1) is 0 Å². The van der Waals surface area contributed by atoms with E-state index >= 15 is 0 Å². The number of hydrogen-bond donors (Lipinski definition) is 0. The van der Waals surface area contributed by atoms with E-state index in [-0.39, 0.29) is 5.41 Å². The minimum Gasteiger partial charge on any atom is -0.0614 e. The van der Waals surface area contributed by atoms with Crippen LogP contribution in [0.2, 0.25) is 0 Å². The minimum atomic E-state index is 0.227. The maximum absolute atomic E-state index is 2.37. The summed E-state index contributed by atoms with van der Waals surface area (Å²) in [5, 5.41) is 0. The summed E-state index contributed by atoms with van der Waals surface area (Å²) in [4.78, 5) is 0. The first-order chi connectivity index (χ1) is 10.0. The van der Waals surface area contributed by atoms with Crippen molar-refractivity contribution in [3.63, 3.8) is 0 Å². The van der Waals surface area contributed by atoms with Gasteiger partial charge in [-0.2, -0.15) is 0 Å². The van der Waals surface area contributed by atoms with E-state index in [0.29, 0.717) is 0 Å². The fraction of sp³-hybridized carbons (Fsp3) is 0.429. The summed E-state index contributed by atoms with van der Waals surface area (Å²) in [5.74, 6) is 1.01. The summed E-state index contributed by atoms with van der Waals surface area (Å²) in [6.45, 7) is 6.79. The van der Waals surface area contributed by atoms with Crippen LogP contribution in [0.5, 0.6) is 0 Å². The predicted molar refractivity (Wildman–Crippen MR) is 91.6 cm³/mol. The van der Waals surface area contributed by atoms with Crippen LogP contribution < -0.4 is 0 Å². The molecule has 0 spiro atoms. The Morgan fingerprint density at radius 2 is 1.62 bits per heavy atom. The lowest BCUT2D eigenvalue weighted by molar-refractivity contribution is 0.590. The predicted octanol–water partition coefficient (Wildman–Crippen LogP) is 5.99. The van der Waals surface area contributed by atoms with Crippen LogP contribution in [-0.2, 0) is 11.8 Å². The van der Waals surface area contributed by atoms with Crippen LogP contribution in [0.3, 0.4) is 0 Å². The van der Waals surface area contributed by atoms with E-state index in [2.05, 4.69) is 69.3 Å². The third kappa shape index (κ3) is 3.75. The molecule has 1 aliphatic rings. The summed E-state index contributed by atoms with van der Waals surface area (Å²) in [5.41, 5.74) is 5.79. The number of rotatable bonds is 4. The molecule has 3 rings (SSSR count). The van der Waals surface area contributed by atoms with Gasteiger partial charge in [0.25, 0.3) is 0 Å². The maximum atomic E-state index is 2.37. The molecule has 1 saturated carbocycles. The molecule has 0 aromatic heterocycles. The van der Waals surface area contributed by atoms with Gasteiger partial charge >= 0.3 is 0 Å². The minimum absolute atomic E-state index is 0.227. The van der Waals surface area contributed by atoms with Crippen LogP contribution in [0, 0.1) is 5.92 Å². The Morgan fingerprint density at radius 3 is 2.24 bits per heavy atom. The molecule has 0 unspecified atom stereocenters. The van der Waals surface area contributed by atoms with Crippen molar-refractivity contribution in [2.24, 2.45) is 5.92 Å². The van der Waals surface area contributed by atoms with Crippen molar-refractivity contribution in [1.29, 1.82) is 0 Å². The molecule has 0 heteroatoms. The van der Waals surface area contributed by atoms with Crippen LogP contribution in [-0.4, -0.2) is 0 Å². The molecule has 21 heavy (non-hydrogen) atoms. The van der Waals surface area contributed by atoms with E-state index in [1.807, 2.05) is 0 Å². The largest absolute Gasteiger partial charge is 0.0614 e. The quantitative estimate of drug-likeness (QED) is 0.644. The van der Waals surface area contributed by atoms with E-state index in [4.69, 9.17) is 0 Å². The van der Waals surface area contributed by atoms with E-state index < -0.39 is 0 Å². The number of aryl methyl sites for hydroxylation is 1. The highest BCUT2D eigenvalue weighted by Gasteiger charge is 2.20. The van der Waals surface area contributed by atoms with Crippen LogP contribution in [0.15, 0.2) is 48.5 Å². The molecule has 0 amide bonds. The molecule has 0 radical (unpaired) electrons. The summed E-state index contributed by atoms with van der Waals surface area (Å²) >= 11 is 0. The monoisotopic (exact) mass is 278 g/mol. The Morgan fingerprint density at radius 1 is 0.905 bits per heavy atom. The third-order valence-electron chi connectivity index (χ3n) is 4.55. The second-order valence-corrected chi connectivity index (χ2v) is 7.51. The van der Waals surface area contributed by atoms with Gasteiger partial charge in [-0.15, -0.1) is 0 Å². The third-order valence-corrected chi connectivity index (χ3v) is 4.55.